The lowest BCUT2D eigenvalue weighted by Crippen LogP contribution is -2.41. The number of halogens is 1. The summed E-state index contributed by atoms with van der Waals surface area (Å²) in [5, 5.41) is 5.15. The summed E-state index contributed by atoms with van der Waals surface area (Å²) >= 11 is 7.12. The first-order chi connectivity index (χ1) is 11.5. The molecule has 1 N–H and O–H groups in total. The van der Waals surface area contributed by atoms with Crippen molar-refractivity contribution in [2.75, 3.05) is 18.4 Å². The normalized spacial score (nSPS) is 16.9. The van der Waals surface area contributed by atoms with E-state index in [1.807, 2.05) is 0 Å². The maximum Gasteiger partial charge on any atom is 0.252 e. The first kappa shape index (κ1) is 17.4. The molecule has 2 heterocycles. The number of thiophene rings is 1. The van der Waals surface area contributed by atoms with E-state index < -0.39 is 10.0 Å². The van der Waals surface area contributed by atoms with Crippen LogP contribution >= 0.6 is 22.9 Å². The van der Waals surface area contributed by atoms with Crippen molar-refractivity contribution in [3.05, 3.63) is 46.8 Å². The van der Waals surface area contributed by atoms with Gasteiger partial charge in [0.15, 0.2) is 0 Å². The Morgan fingerprint density at radius 2 is 1.96 bits per heavy atom. The summed E-state index contributed by atoms with van der Waals surface area (Å²) in [5.74, 6) is -0.288. The molecule has 0 unspecified atom stereocenters. The standard InChI is InChI=1S/C16H17ClN2O3S2/c17-13-3-1-4-14(11-13)18-16(20)12-6-8-19(9-7-12)24(21,22)15-5-2-10-23-15/h1-5,10-12H,6-9H2,(H,18,20). The summed E-state index contributed by atoms with van der Waals surface area (Å²) in [6.07, 6.45) is 1.02. The zero-order chi connectivity index (χ0) is 17.2. The number of anilines is 1. The number of benzene rings is 1. The number of nitrogens with one attached hydrogen (secondary N) is 1. The van der Waals surface area contributed by atoms with E-state index in [1.165, 1.54) is 15.6 Å². The summed E-state index contributed by atoms with van der Waals surface area (Å²) in [6.45, 7) is 0.710. The van der Waals surface area contributed by atoms with Crippen LogP contribution in [0, 0.1) is 5.92 Å². The van der Waals surface area contributed by atoms with Crippen LogP contribution in [-0.2, 0) is 14.8 Å². The van der Waals surface area contributed by atoms with Crippen LogP contribution in [0.25, 0.3) is 0 Å². The van der Waals surface area contributed by atoms with Gasteiger partial charge in [-0.2, -0.15) is 4.31 Å². The number of nitrogens with zero attached hydrogens (tertiary/aromatic N) is 1. The van der Waals surface area contributed by atoms with Gasteiger partial charge in [-0.1, -0.05) is 23.7 Å². The van der Waals surface area contributed by atoms with Gasteiger partial charge in [0.1, 0.15) is 4.21 Å². The van der Waals surface area contributed by atoms with Crippen LogP contribution in [0.5, 0.6) is 0 Å². The third-order valence-electron chi connectivity index (χ3n) is 4.01. The van der Waals surface area contributed by atoms with Crippen LogP contribution < -0.4 is 5.32 Å². The fraction of sp³-hybridized carbons (Fsp3) is 0.312. The van der Waals surface area contributed by atoms with Crippen molar-refractivity contribution in [1.82, 2.24) is 4.31 Å². The predicted octanol–water partition coefficient (Wildman–Crippen LogP) is 3.44. The van der Waals surface area contributed by atoms with Crippen molar-refractivity contribution in [3.63, 3.8) is 0 Å². The lowest BCUT2D eigenvalue weighted by atomic mass is 9.97. The molecular weight excluding hydrogens is 368 g/mol. The molecule has 0 atom stereocenters. The maximum atomic E-state index is 12.5. The Morgan fingerprint density at radius 1 is 1.21 bits per heavy atom. The molecule has 1 saturated heterocycles. The number of piperidine rings is 1. The highest BCUT2D eigenvalue weighted by atomic mass is 35.5. The molecule has 1 fully saturated rings. The number of carbonyl (C=O) groups excluding carboxylic acids is 1. The zero-order valence-electron chi connectivity index (χ0n) is 12.8. The number of hydrogen-bond acceptors (Lipinski definition) is 4. The van der Waals surface area contributed by atoms with E-state index in [0.29, 0.717) is 40.9 Å². The van der Waals surface area contributed by atoms with E-state index >= 15 is 0 Å². The highest BCUT2D eigenvalue weighted by Gasteiger charge is 2.32. The molecule has 1 aromatic heterocycles. The van der Waals surface area contributed by atoms with Gasteiger partial charge >= 0.3 is 0 Å². The molecule has 3 rings (SSSR count). The van der Waals surface area contributed by atoms with E-state index in [9.17, 15) is 13.2 Å². The fourth-order valence-corrected chi connectivity index (χ4v) is 5.51. The number of rotatable bonds is 4. The molecule has 24 heavy (non-hydrogen) atoms. The second-order valence-electron chi connectivity index (χ2n) is 5.61. The molecule has 8 heteroatoms. The quantitative estimate of drug-likeness (QED) is 0.878. The van der Waals surface area contributed by atoms with E-state index in [0.717, 1.165) is 0 Å². The highest BCUT2D eigenvalue weighted by Crippen LogP contribution is 2.27. The van der Waals surface area contributed by atoms with Gasteiger partial charge in [-0.3, -0.25) is 4.79 Å². The number of carbonyl (C=O) groups is 1. The van der Waals surface area contributed by atoms with Gasteiger partial charge in [0.2, 0.25) is 5.91 Å². The van der Waals surface area contributed by atoms with Crippen molar-refractivity contribution in [2.45, 2.75) is 17.1 Å². The lowest BCUT2D eigenvalue weighted by Gasteiger charge is -2.30. The van der Waals surface area contributed by atoms with Crippen molar-refractivity contribution in [2.24, 2.45) is 5.92 Å². The second kappa shape index (κ2) is 7.23. The van der Waals surface area contributed by atoms with Crippen molar-refractivity contribution in [1.29, 1.82) is 0 Å². The van der Waals surface area contributed by atoms with Gasteiger partial charge in [-0.05, 0) is 42.5 Å². The molecule has 1 aromatic carbocycles. The second-order valence-corrected chi connectivity index (χ2v) is 9.16. The monoisotopic (exact) mass is 384 g/mol. The van der Waals surface area contributed by atoms with Crippen molar-refractivity contribution < 1.29 is 13.2 Å². The maximum absolute atomic E-state index is 12.5. The molecule has 1 aliphatic heterocycles. The summed E-state index contributed by atoms with van der Waals surface area (Å²) in [4.78, 5) is 12.3. The third-order valence-corrected chi connectivity index (χ3v) is 7.51. The average Bonchev–Trinajstić information content (AvgIpc) is 3.10. The first-order valence-corrected chi connectivity index (χ1v) is 10.3. The van der Waals surface area contributed by atoms with E-state index in [4.69, 9.17) is 11.6 Å². The molecule has 0 bridgehead atoms. The van der Waals surface area contributed by atoms with Gasteiger partial charge in [-0.25, -0.2) is 8.42 Å². The molecule has 5 nitrogen and oxygen atoms in total. The van der Waals surface area contributed by atoms with Gasteiger partial charge < -0.3 is 5.32 Å². The van der Waals surface area contributed by atoms with Gasteiger partial charge in [0.25, 0.3) is 10.0 Å². The molecule has 1 aliphatic rings. The fourth-order valence-electron chi connectivity index (χ4n) is 2.71. The Kier molecular flexibility index (Phi) is 5.24. The Hall–Kier alpha value is -1.41. The summed E-state index contributed by atoms with van der Waals surface area (Å²) < 4.78 is 26.8. The number of amides is 1. The predicted molar refractivity (Wildman–Crippen MR) is 95.9 cm³/mol. The Balaban J connectivity index is 1.60. The number of sulfonamides is 1. The average molecular weight is 385 g/mol. The molecule has 0 saturated carbocycles. The highest BCUT2D eigenvalue weighted by molar-refractivity contribution is 7.91. The van der Waals surface area contributed by atoms with Gasteiger partial charge in [-0.15, -0.1) is 11.3 Å². The van der Waals surface area contributed by atoms with Gasteiger partial charge in [0, 0.05) is 29.7 Å². The van der Waals surface area contributed by atoms with Crippen molar-refractivity contribution in [3.8, 4) is 0 Å². The van der Waals surface area contributed by atoms with Crippen LogP contribution in [-0.4, -0.2) is 31.7 Å². The Bertz CT molecular complexity index is 814. The molecule has 0 aliphatic carbocycles. The Morgan fingerprint density at radius 3 is 2.58 bits per heavy atom. The molecule has 0 spiro atoms. The van der Waals surface area contributed by atoms with E-state index in [-0.39, 0.29) is 11.8 Å². The van der Waals surface area contributed by atoms with Crippen molar-refractivity contribution >= 4 is 44.6 Å². The molecule has 1 amide bonds. The van der Waals surface area contributed by atoms with Gasteiger partial charge in [0.05, 0.1) is 0 Å². The topological polar surface area (TPSA) is 66.5 Å². The van der Waals surface area contributed by atoms with Crippen LogP contribution in [0.1, 0.15) is 12.8 Å². The minimum atomic E-state index is -3.43. The smallest absolute Gasteiger partial charge is 0.252 e. The summed E-state index contributed by atoms with van der Waals surface area (Å²) in [5.41, 5.74) is 0.654. The lowest BCUT2D eigenvalue weighted by molar-refractivity contribution is -0.120. The minimum absolute atomic E-state index is 0.0922. The van der Waals surface area contributed by atoms with Crippen LogP contribution in [0.4, 0.5) is 5.69 Å². The summed E-state index contributed by atoms with van der Waals surface area (Å²) in [7, 11) is -3.43. The SMILES string of the molecule is O=C(Nc1cccc(Cl)c1)C1CCN(S(=O)(=O)c2cccs2)CC1. The minimum Gasteiger partial charge on any atom is -0.326 e. The van der Waals surface area contributed by atoms with E-state index in [1.54, 1.807) is 41.8 Å². The van der Waals surface area contributed by atoms with Crippen LogP contribution in [0.3, 0.4) is 0 Å². The van der Waals surface area contributed by atoms with E-state index in [2.05, 4.69) is 5.32 Å². The molecule has 2 aromatic rings. The number of hydrogen-bond donors (Lipinski definition) is 1. The molecule has 128 valence electrons. The Labute approximate surface area is 150 Å². The van der Waals surface area contributed by atoms with Crippen LogP contribution in [0.15, 0.2) is 46.0 Å². The molecular formula is C16H17ClN2O3S2. The molecule has 0 radical (unpaired) electrons. The summed E-state index contributed by atoms with van der Waals surface area (Å²) in [6, 6.07) is 10.3. The first-order valence-electron chi connectivity index (χ1n) is 7.57. The largest absolute Gasteiger partial charge is 0.326 e. The third kappa shape index (κ3) is 3.80. The zero-order valence-corrected chi connectivity index (χ0v) is 15.2. The van der Waals surface area contributed by atoms with Crippen LogP contribution in [0.2, 0.25) is 5.02 Å².